The summed E-state index contributed by atoms with van der Waals surface area (Å²) in [5.74, 6) is -6.06. The Morgan fingerprint density at radius 2 is 1.01 bits per heavy atom. The van der Waals surface area contributed by atoms with Gasteiger partial charge in [0.25, 0.3) is 0 Å². The average Bonchev–Trinajstić information content (AvgIpc) is 4.19. The molecule has 0 bridgehead atoms. The van der Waals surface area contributed by atoms with Crippen LogP contribution in [0.3, 0.4) is 0 Å². The predicted octanol–water partition coefficient (Wildman–Crippen LogP) is -1.19. The third-order valence-electron chi connectivity index (χ3n) is 12.3. The third kappa shape index (κ3) is 21.3. The number of guanidine groups is 1. The molecule has 0 spiro atoms. The van der Waals surface area contributed by atoms with Crippen LogP contribution in [0, 0.1) is 5.92 Å². The number of hydrogen-bond donors (Lipinski definition) is 15. The van der Waals surface area contributed by atoms with E-state index in [2.05, 4.69) is 61.0 Å². The van der Waals surface area contributed by atoms with Crippen LogP contribution in [0.5, 0.6) is 11.5 Å². The zero-order valence-electron chi connectivity index (χ0n) is 44.2. The van der Waals surface area contributed by atoms with E-state index in [1.165, 1.54) is 48.5 Å². The van der Waals surface area contributed by atoms with Crippen LogP contribution in [0.2, 0.25) is 0 Å². The number of nitrogens with one attached hydrogen (secondary N) is 7. The lowest BCUT2D eigenvalue weighted by Gasteiger charge is -2.27. The van der Waals surface area contributed by atoms with Crippen molar-refractivity contribution in [2.24, 2.45) is 28.1 Å². The number of aliphatic imine (C=N–C) groups is 1. The molecule has 9 atom stereocenters. The minimum absolute atomic E-state index is 0.0820. The number of hydrogen-bond acceptors (Lipinski definition) is 17. The lowest BCUT2D eigenvalue weighted by atomic mass is 10.0. The van der Waals surface area contributed by atoms with Crippen LogP contribution in [0.1, 0.15) is 63.6 Å². The van der Waals surface area contributed by atoms with Crippen molar-refractivity contribution in [2.45, 2.75) is 118 Å². The van der Waals surface area contributed by atoms with E-state index in [0.717, 1.165) is 24.4 Å². The summed E-state index contributed by atoms with van der Waals surface area (Å²) in [6.07, 6.45) is 0.0706. The van der Waals surface area contributed by atoms with Crippen LogP contribution < -0.4 is 54.4 Å². The molecule has 18 N–H and O–H groups in total. The van der Waals surface area contributed by atoms with Gasteiger partial charge in [0.2, 0.25) is 41.4 Å². The Labute approximate surface area is 462 Å². The molecule has 4 rings (SSSR count). The first-order valence-electron chi connectivity index (χ1n) is 25.6. The number of nitrogens with zero attached hydrogens (tertiary/aromatic N) is 2. The lowest BCUT2D eigenvalue weighted by molar-refractivity contribution is -0.136. The minimum atomic E-state index is -1.76. The quantitative estimate of drug-likeness (QED) is 0.0148. The molecule has 24 nitrogen and oxygen atoms in total. The lowest BCUT2D eigenvalue weighted by Crippen LogP contribution is -2.61. The zero-order chi connectivity index (χ0) is 57.5. The molecular weight excluding hydrogens is 1050 g/mol. The van der Waals surface area contributed by atoms with Crippen LogP contribution in [0.15, 0.2) is 77.8 Å². The van der Waals surface area contributed by atoms with Crippen molar-refractivity contribution in [3.8, 4) is 11.5 Å². The molecule has 0 aromatic heterocycles. The second-order valence-electron chi connectivity index (χ2n) is 19.0. The average molecular weight is 1130 g/mol. The van der Waals surface area contributed by atoms with Gasteiger partial charge in [-0.2, -0.15) is 0 Å². The Morgan fingerprint density at radius 3 is 1.44 bits per heavy atom. The fraction of sp³-hybridized carbons (Fsp3) is 0.500. The van der Waals surface area contributed by atoms with Gasteiger partial charge in [0.15, 0.2) is 5.96 Å². The molecule has 3 aromatic carbocycles. The highest BCUT2D eigenvalue weighted by molar-refractivity contribution is 8.23. The third-order valence-corrected chi connectivity index (χ3v) is 15.4. The summed E-state index contributed by atoms with van der Waals surface area (Å²) < 4.78 is 0.497. The van der Waals surface area contributed by atoms with Gasteiger partial charge in [-0.05, 0) is 91.4 Å². The molecule has 1 aliphatic heterocycles. The van der Waals surface area contributed by atoms with E-state index in [-0.39, 0.29) is 55.6 Å². The van der Waals surface area contributed by atoms with E-state index in [0.29, 0.717) is 33.2 Å². The molecule has 3 aromatic rings. The largest absolute Gasteiger partial charge is 0.508 e. The van der Waals surface area contributed by atoms with Crippen molar-refractivity contribution < 1.29 is 59.1 Å². The first-order chi connectivity index (χ1) is 37.2. The SMILES string of the molecule is CCN(CC)C1SC1SCc1ccc(NC(=O)[C@@H](CC(C)C)NC(=O)[C@@H](CO)NC(=O)C(Cc2ccc(O)cc2)NC(=O)[C@@H](Cc2ccc(O)cc2)NC(=O)[C@@H](CO)NC(=O)[C@@H](CO)NC(=O)[C@H](N)CCCN=C(N)N)cc1. The normalized spacial score (nSPS) is 16.5. The van der Waals surface area contributed by atoms with Gasteiger partial charge in [0, 0.05) is 30.8 Å². The molecule has 1 aliphatic rings. The van der Waals surface area contributed by atoms with Crippen LogP contribution >= 0.6 is 23.5 Å². The highest BCUT2D eigenvalue weighted by atomic mass is 32.2. The maximum absolute atomic E-state index is 14.4. The second-order valence-corrected chi connectivity index (χ2v) is 21.6. The number of anilines is 1. The number of aliphatic hydroxyl groups is 3. The Morgan fingerprint density at radius 1 is 0.603 bits per heavy atom. The molecule has 0 radical (unpaired) electrons. The first-order valence-corrected chi connectivity index (χ1v) is 27.6. The Bertz CT molecular complexity index is 2470. The van der Waals surface area contributed by atoms with Crippen molar-refractivity contribution in [1.29, 1.82) is 0 Å². The minimum Gasteiger partial charge on any atom is -0.508 e. The molecular formula is C52H76N12O12S2. The number of carbonyl (C=O) groups is 7. The summed E-state index contributed by atoms with van der Waals surface area (Å²) in [5, 5.41) is 68.7. The van der Waals surface area contributed by atoms with Gasteiger partial charge in [-0.25, -0.2) is 0 Å². The highest BCUT2D eigenvalue weighted by Crippen LogP contribution is 2.51. The van der Waals surface area contributed by atoms with Crippen molar-refractivity contribution in [3.05, 3.63) is 89.5 Å². The van der Waals surface area contributed by atoms with E-state index in [4.69, 9.17) is 17.2 Å². The van der Waals surface area contributed by atoms with Gasteiger partial charge < -0.3 is 80.0 Å². The van der Waals surface area contributed by atoms with Crippen LogP contribution in [-0.2, 0) is 52.2 Å². The van der Waals surface area contributed by atoms with Crippen molar-refractivity contribution in [1.82, 2.24) is 36.8 Å². The van der Waals surface area contributed by atoms with Crippen molar-refractivity contribution in [2.75, 3.05) is 44.8 Å². The Kier molecular flexibility index (Phi) is 26.4. The summed E-state index contributed by atoms with van der Waals surface area (Å²) >= 11 is 3.81. The number of carbonyl (C=O) groups excluding carboxylic acids is 7. The summed E-state index contributed by atoms with van der Waals surface area (Å²) in [6.45, 7) is 7.31. The van der Waals surface area contributed by atoms with Crippen molar-refractivity contribution >= 4 is 76.5 Å². The molecule has 3 unspecified atom stereocenters. The smallest absolute Gasteiger partial charge is 0.246 e. The first kappa shape index (κ1) is 63.8. The summed E-state index contributed by atoms with van der Waals surface area (Å²) in [6, 6.07) is 8.26. The molecule has 428 valence electrons. The fourth-order valence-corrected chi connectivity index (χ4v) is 10.7. The predicted molar refractivity (Wildman–Crippen MR) is 298 cm³/mol. The number of phenolic OH excluding ortho intramolecular Hbond substituents is 2. The monoisotopic (exact) mass is 1120 g/mol. The van der Waals surface area contributed by atoms with E-state index >= 15 is 0 Å². The van der Waals surface area contributed by atoms with Crippen LogP contribution in [-0.4, -0.2) is 169 Å². The molecule has 26 heteroatoms. The van der Waals surface area contributed by atoms with E-state index in [1.807, 2.05) is 49.5 Å². The number of phenols is 2. The summed E-state index contributed by atoms with van der Waals surface area (Å²) in [4.78, 5) is 102. The van der Waals surface area contributed by atoms with Gasteiger partial charge in [0.1, 0.15) is 47.8 Å². The Balaban J connectivity index is 1.48. The molecule has 7 amide bonds. The number of nitrogens with two attached hydrogens (primary N) is 3. The number of rotatable bonds is 33. The number of benzene rings is 3. The molecule has 1 saturated heterocycles. The van der Waals surface area contributed by atoms with Crippen LogP contribution in [0.25, 0.3) is 0 Å². The van der Waals surface area contributed by atoms with Gasteiger partial charge in [-0.15, -0.1) is 23.5 Å². The zero-order valence-corrected chi connectivity index (χ0v) is 45.9. The van der Waals surface area contributed by atoms with Gasteiger partial charge in [-0.3, -0.25) is 43.5 Å². The van der Waals surface area contributed by atoms with Gasteiger partial charge in [0.05, 0.1) is 35.8 Å². The summed E-state index contributed by atoms with van der Waals surface area (Å²) in [7, 11) is 0. The number of aromatic hydroxyl groups is 2. The van der Waals surface area contributed by atoms with Crippen LogP contribution in [0.4, 0.5) is 5.69 Å². The molecule has 1 heterocycles. The van der Waals surface area contributed by atoms with Crippen molar-refractivity contribution in [3.63, 3.8) is 0 Å². The summed E-state index contributed by atoms with van der Waals surface area (Å²) in [5.41, 5.74) is 19.0. The second kappa shape index (κ2) is 32.3. The molecule has 1 fully saturated rings. The Hall–Kier alpha value is -6.68. The topological polar surface area (TPSA) is 399 Å². The molecule has 0 saturated carbocycles. The van der Waals surface area contributed by atoms with E-state index in [1.54, 1.807) is 12.1 Å². The van der Waals surface area contributed by atoms with E-state index < -0.39 is 103 Å². The fourth-order valence-electron chi connectivity index (χ4n) is 7.88. The van der Waals surface area contributed by atoms with E-state index in [9.17, 15) is 59.1 Å². The number of thioether (sulfide) groups is 2. The molecule has 78 heavy (non-hydrogen) atoms. The standard InChI is InChI=1S/C52H76N12O12S2/c1-5-64(6-2)50-51(78-50)77-28-32-9-15-33(16-10-32)57-44(71)37(22-29(3)4)58-47(74)41(26-66)62-46(73)39(24-31-13-19-35(69)20-14-31)59-45(72)38(23-30-11-17-34(68)18-12-30)60-48(75)42(27-67)63-49(76)40(25-65)61-43(70)36(53)8-7-21-56-52(54)55/h9-20,29,36-42,50-51,65-69H,5-8,21-28,53H2,1-4H3,(H,57,71)(H,58,74)(H,59,72)(H,60,75)(H,61,70)(H,62,73)(H,63,76)(H4,54,55,56)/t36-,37-,38-,39?,40-,41-,42-,50?,51?/m1/s1. The maximum atomic E-state index is 14.4. The van der Waals surface area contributed by atoms with Gasteiger partial charge in [-0.1, -0.05) is 64.1 Å². The maximum Gasteiger partial charge on any atom is 0.246 e. The number of amides is 7. The number of aliphatic hydroxyl groups excluding tert-OH is 3. The molecule has 0 aliphatic carbocycles. The van der Waals surface area contributed by atoms with Gasteiger partial charge >= 0.3 is 0 Å². The highest BCUT2D eigenvalue weighted by Gasteiger charge is 2.42.